The zero-order chi connectivity index (χ0) is 24.9. The molecular formula is C26H28N4O5. The van der Waals surface area contributed by atoms with Crippen molar-refractivity contribution in [3.8, 4) is 5.75 Å². The quantitative estimate of drug-likeness (QED) is 0.144. The topological polar surface area (TPSA) is 113 Å². The molecule has 0 aliphatic carbocycles. The number of rotatable bonds is 9. The number of benzene rings is 2. The van der Waals surface area contributed by atoms with Crippen LogP contribution < -0.4 is 15.5 Å². The third-order valence-corrected chi connectivity index (χ3v) is 6.20. The van der Waals surface area contributed by atoms with Gasteiger partial charge in [-0.1, -0.05) is 25.6 Å². The van der Waals surface area contributed by atoms with Crippen molar-refractivity contribution in [2.45, 2.75) is 25.9 Å². The Morgan fingerprint density at radius 3 is 2.69 bits per heavy atom. The summed E-state index contributed by atoms with van der Waals surface area (Å²) in [5, 5.41) is 12.6. The first kappa shape index (κ1) is 24.0. The fourth-order valence-corrected chi connectivity index (χ4v) is 4.61. The monoisotopic (exact) mass is 476 g/mol. The maximum absolute atomic E-state index is 11.6. The lowest BCUT2D eigenvalue weighted by Gasteiger charge is -2.29. The van der Waals surface area contributed by atoms with Crippen molar-refractivity contribution in [3.05, 3.63) is 77.5 Å². The minimum Gasteiger partial charge on any atom is -0.492 e. The summed E-state index contributed by atoms with van der Waals surface area (Å²) in [4.78, 5) is 36.3. The first-order valence-electron chi connectivity index (χ1n) is 11.4. The van der Waals surface area contributed by atoms with Crippen LogP contribution in [0.3, 0.4) is 0 Å². The minimum absolute atomic E-state index is 0.144. The lowest BCUT2D eigenvalue weighted by molar-refractivity contribution is -0.119. The van der Waals surface area contributed by atoms with Crippen LogP contribution in [0.4, 0.5) is 0 Å². The number of hydrogen-bond donors (Lipinski definition) is 3. The number of amides is 3. The normalized spacial score (nSPS) is 14.8. The van der Waals surface area contributed by atoms with Gasteiger partial charge in [-0.25, -0.2) is 5.48 Å². The molecule has 0 spiro atoms. The molecule has 0 radical (unpaired) electrons. The largest absolute Gasteiger partial charge is 0.492 e. The van der Waals surface area contributed by atoms with Gasteiger partial charge in [-0.05, 0) is 47.5 Å². The number of hydroxylamine groups is 1. The highest BCUT2D eigenvalue weighted by Gasteiger charge is 2.28. The van der Waals surface area contributed by atoms with Crippen molar-refractivity contribution in [3.63, 3.8) is 0 Å². The van der Waals surface area contributed by atoms with Crippen LogP contribution in [0.5, 0.6) is 5.75 Å². The first-order chi connectivity index (χ1) is 16.9. The van der Waals surface area contributed by atoms with Crippen molar-refractivity contribution in [1.82, 2.24) is 20.3 Å². The Morgan fingerprint density at radius 2 is 2.00 bits per heavy atom. The van der Waals surface area contributed by atoms with Crippen LogP contribution in [-0.4, -0.2) is 52.6 Å². The van der Waals surface area contributed by atoms with E-state index in [1.165, 1.54) is 11.6 Å². The third kappa shape index (κ3) is 5.04. The predicted molar refractivity (Wildman–Crippen MR) is 130 cm³/mol. The molecule has 1 atom stereocenters. The van der Waals surface area contributed by atoms with Crippen LogP contribution >= 0.6 is 0 Å². The van der Waals surface area contributed by atoms with Crippen LogP contribution in [0.25, 0.3) is 10.9 Å². The van der Waals surface area contributed by atoms with Crippen LogP contribution in [-0.2, 0) is 22.7 Å². The van der Waals surface area contributed by atoms with Crippen molar-refractivity contribution >= 4 is 29.1 Å². The summed E-state index contributed by atoms with van der Waals surface area (Å²) in [6, 6.07) is 12.9. The van der Waals surface area contributed by atoms with Gasteiger partial charge in [0.2, 0.25) is 12.3 Å². The molecule has 0 fully saturated rings. The van der Waals surface area contributed by atoms with E-state index in [2.05, 4.69) is 23.4 Å². The van der Waals surface area contributed by atoms with E-state index < -0.39 is 5.91 Å². The average molecular weight is 477 g/mol. The molecule has 9 heteroatoms. The van der Waals surface area contributed by atoms with Crippen molar-refractivity contribution in [2.75, 3.05) is 19.7 Å². The number of fused-ring (bicyclic) bond motifs is 3. The molecule has 2 aromatic carbocycles. The van der Waals surface area contributed by atoms with E-state index in [1.807, 2.05) is 30.3 Å². The average Bonchev–Trinajstić information content (AvgIpc) is 3.19. The molecule has 0 saturated carbocycles. The fourth-order valence-electron chi connectivity index (χ4n) is 4.61. The standard InChI is InChI=1S/C26H28N4O5/c1-3-24(32)27-10-11-35-20-8-9-22-21(12-20)25-17(2)13-29(16-31)15-23(25)30(22)14-18-4-6-19(7-5-18)26(33)28-34/h3-9,12,16-17,34H,1,10-11,13-15H2,2H3,(H,27,32)(H,28,33). The second kappa shape index (κ2) is 10.4. The number of hydrogen-bond acceptors (Lipinski definition) is 5. The van der Waals surface area contributed by atoms with Gasteiger partial charge in [0.1, 0.15) is 12.4 Å². The van der Waals surface area contributed by atoms with Crippen LogP contribution in [0.1, 0.15) is 40.0 Å². The molecule has 1 unspecified atom stereocenters. The third-order valence-electron chi connectivity index (χ3n) is 6.20. The molecule has 3 aromatic rings. The smallest absolute Gasteiger partial charge is 0.274 e. The lowest BCUT2D eigenvalue weighted by Crippen LogP contribution is -2.32. The van der Waals surface area contributed by atoms with Gasteiger partial charge >= 0.3 is 0 Å². The molecule has 0 bridgehead atoms. The second-order valence-corrected chi connectivity index (χ2v) is 8.54. The van der Waals surface area contributed by atoms with Crippen LogP contribution in [0.2, 0.25) is 0 Å². The number of ether oxygens (including phenoxy) is 1. The molecule has 3 amide bonds. The molecule has 1 aromatic heterocycles. The molecule has 3 N–H and O–H groups in total. The Bertz CT molecular complexity index is 1260. The summed E-state index contributed by atoms with van der Waals surface area (Å²) in [5.74, 6) is 0.0429. The highest BCUT2D eigenvalue weighted by Crippen LogP contribution is 2.38. The Labute approximate surface area is 202 Å². The summed E-state index contributed by atoms with van der Waals surface area (Å²) >= 11 is 0. The Kier molecular flexibility index (Phi) is 7.17. The number of carbonyl (C=O) groups is 3. The van der Waals surface area contributed by atoms with Crippen LogP contribution in [0.15, 0.2) is 55.1 Å². The maximum atomic E-state index is 11.6. The Morgan fingerprint density at radius 1 is 1.23 bits per heavy atom. The molecule has 0 saturated heterocycles. The summed E-state index contributed by atoms with van der Waals surface area (Å²) in [6.07, 6.45) is 2.11. The zero-order valence-electron chi connectivity index (χ0n) is 19.5. The molecular weight excluding hydrogens is 448 g/mol. The van der Waals surface area contributed by atoms with Crippen molar-refractivity contribution in [1.29, 1.82) is 0 Å². The zero-order valence-corrected chi connectivity index (χ0v) is 19.5. The molecule has 1 aliphatic heterocycles. The molecule has 1 aliphatic rings. The molecule has 35 heavy (non-hydrogen) atoms. The highest BCUT2D eigenvalue weighted by molar-refractivity contribution is 5.93. The van der Waals surface area contributed by atoms with Gasteiger partial charge in [-0.15, -0.1) is 0 Å². The van der Waals surface area contributed by atoms with Gasteiger partial charge in [0.15, 0.2) is 0 Å². The van der Waals surface area contributed by atoms with E-state index in [4.69, 9.17) is 9.94 Å². The minimum atomic E-state index is -0.563. The van der Waals surface area contributed by atoms with E-state index in [-0.39, 0.29) is 11.8 Å². The maximum Gasteiger partial charge on any atom is 0.274 e. The highest BCUT2D eigenvalue weighted by atomic mass is 16.5. The van der Waals surface area contributed by atoms with E-state index >= 15 is 0 Å². The van der Waals surface area contributed by atoms with E-state index in [9.17, 15) is 14.4 Å². The SMILES string of the molecule is C=CC(=O)NCCOc1ccc2c(c1)c1c(n2Cc2ccc(C(=O)NO)cc2)CN(C=O)CC1C. The molecule has 9 nitrogen and oxygen atoms in total. The first-order valence-corrected chi connectivity index (χ1v) is 11.4. The number of nitrogens with zero attached hydrogens (tertiary/aromatic N) is 2. The molecule has 2 heterocycles. The van der Waals surface area contributed by atoms with E-state index in [1.54, 1.807) is 22.5 Å². The summed E-state index contributed by atoms with van der Waals surface area (Å²) in [7, 11) is 0. The number of aromatic nitrogens is 1. The summed E-state index contributed by atoms with van der Waals surface area (Å²) < 4.78 is 8.07. The van der Waals surface area contributed by atoms with Gasteiger partial charge in [-0.2, -0.15) is 0 Å². The Balaban J connectivity index is 1.67. The lowest BCUT2D eigenvalue weighted by atomic mass is 9.93. The van der Waals surface area contributed by atoms with E-state index in [0.29, 0.717) is 44.1 Å². The Hall–Kier alpha value is -4.11. The van der Waals surface area contributed by atoms with E-state index in [0.717, 1.165) is 28.6 Å². The summed E-state index contributed by atoms with van der Waals surface area (Å²) in [5.41, 5.74) is 6.27. The van der Waals surface area contributed by atoms with Gasteiger partial charge < -0.3 is 19.5 Å². The summed E-state index contributed by atoms with van der Waals surface area (Å²) in [6.45, 7) is 7.94. The van der Waals surface area contributed by atoms with Crippen molar-refractivity contribution < 1.29 is 24.3 Å². The molecule has 182 valence electrons. The van der Waals surface area contributed by atoms with Gasteiger partial charge in [0.05, 0.1) is 13.1 Å². The fraction of sp³-hybridized carbons (Fsp3) is 0.269. The van der Waals surface area contributed by atoms with Crippen molar-refractivity contribution in [2.24, 2.45) is 0 Å². The number of carbonyl (C=O) groups excluding carboxylic acids is 3. The van der Waals surface area contributed by atoms with Gasteiger partial charge in [0.25, 0.3) is 5.91 Å². The number of nitrogens with one attached hydrogen (secondary N) is 2. The second-order valence-electron chi connectivity index (χ2n) is 8.54. The predicted octanol–water partition coefficient (Wildman–Crippen LogP) is 2.57. The molecule has 4 rings (SSSR count). The van der Waals surface area contributed by atoms with Gasteiger partial charge in [-0.3, -0.25) is 19.6 Å². The van der Waals surface area contributed by atoms with Gasteiger partial charge in [0, 0.05) is 41.2 Å². The van der Waals surface area contributed by atoms with Crippen LogP contribution in [0, 0.1) is 0 Å².